The molecule has 4 nitrogen and oxygen atoms in total. The van der Waals surface area contributed by atoms with Gasteiger partial charge in [-0.15, -0.1) is 11.3 Å². The smallest absolute Gasteiger partial charge is 0.110 e. The van der Waals surface area contributed by atoms with Gasteiger partial charge in [-0.05, 0) is 24.3 Å². The Morgan fingerprint density at radius 2 is 2.24 bits per heavy atom. The van der Waals surface area contributed by atoms with Crippen LogP contribution in [0.15, 0.2) is 29.6 Å². The second-order valence-corrected chi connectivity index (χ2v) is 4.60. The molecule has 0 unspecified atom stereocenters. The standard InChI is InChI=1S/C12H8N4S/c13-5-7-3-11(17-6-7)12-9-4-8(14)1-2-10(9)15-16-12/h1-4,6H,14H2,(H,15,16). The van der Waals surface area contributed by atoms with Gasteiger partial charge in [0.2, 0.25) is 0 Å². The van der Waals surface area contributed by atoms with Gasteiger partial charge in [0.1, 0.15) is 11.8 Å². The molecule has 2 heterocycles. The molecule has 3 rings (SSSR count). The Labute approximate surface area is 101 Å². The largest absolute Gasteiger partial charge is 0.399 e. The number of nitrogens with two attached hydrogens (primary N) is 1. The van der Waals surface area contributed by atoms with Crippen LogP contribution in [0.25, 0.3) is 21.5 Å². The third kappa shape index (κ3) is 1.55. The molecule has 2 aromatic heterocycles. The van der Waals surface area contributed by atoms with E-state index >= 15 is 0 Å². The van der Waals surface area contributed by atoms with E-state index in [4.69, 9.17) is 11.0 Å². The first-order chi connectivity index (χ1) is 8.28. The van der Waals surface area contributed by atoms with Crippen LogP contribution >= 0.6 is 11.3 Å². The van der Waals surface area contributed by atoms with Crippen LogP contribution in [-0.4, -0.2) is 10.2 Å². The number of benzene rings is 1. The minimum absolute atomic E-state index is 0.657. The number of hydrogen-bond acceptors (Lipinski definition) is 4. The van der Waals surface area contributed by atoms with Crippen LogP contribution < -0.4 is 5.73 Å². The highest BCUT2D eigenvalue weighted by Crippen LogP contribution is 2.31. The number of nitrogens with one attached hydrogen (secondary N) is 1. The first kappa shape index (κ1) is 9.87. The quantitative estimate of drug-likeness (QED) is 0.642. The third-order valence-electron chi connectivity index (χ3n) is 2.55. The van der Waals surface area contributed by atoms with E-state index in [1.54, 1.807) is 0 Å². The molecule has 0 aliphatic heterocycles. The highest BCUT2D eigenvalue weighted by molar-refractivity contribution is 7.13. The predicted molar refractivity (Wildman–Crippen MR) is 68.5 cm³/mol. The maximum Gasteiger partial charge on any atom is 0.110 e. The zero-order valence-corrected chi connectivity index (χ0v) is 9.58. The molecule has 0 bridgehead atoms. The van der Waals surface area contributed by atoms with Crippen LogP contribution in [0.1, 0.15) is 5.56 Å². The fraction of sp³-hybridized carbons (Fsp3) is 0. The number of fused-ring (bicyclic) bond motifs is 1. The van der Waals surface area contributed by atoms with E-state index in [-0.39, 0.29) is 0 Å². The van der Waals surface area contributed by atoms with Gasteiger partial charge in [0, 0.05) is 16.5 Å². The molecule has 0 fully saturated rings. The summed E-state index contributed by atoms with van der Waals surface area (Å²) in [5, 5.41) is 18.9. The number of anilines is 1. The summed E-state index contributed by atoms with van der Waals surface area (Å²) in [5.41, 5.74) is 8.93. The van der Waals surface area contributed by atoms with Crippen molar-refractivity contribution in [1.29, 1.82) is 5.26 Å². The topological polar surface area (TPSA) is 78.5 Å². The minimum atomic E-state index is 0.657. The number of rotatable bonds is 1. The molecule has 0 aliphatic rings. The first-order valence-corrected chi connectivity index (χ1v) is 5.88. The molecule has 3 N–H and O–H groups in total. The lowest BCUT2D eigenvalue weighted by Gasteiger charge is -1.94. The molecule has 17 heavy (non-hydrogen) atoms. The van der Waals surface area contributed by atoms with E-state index in [0.29, 0.717) is 11.3 Å². The van der Waals surface area contributed by atoms with Gasteiger partial charge < -0.3 is 5.73 Å². The molecule has 0 atom stereocenters. The summed E-state index contributed by atoms with van der Waals surface area (Å²) < 4.78 is 0. The Bertz CT molecular complexity index is 732. The van der Waals surface area contributed by atoms with E-state index in [1.165, 1.54) is 11.3 Å². The van der Waals surface area contributed by atoms with Crippen molar-refractivity contribution in [3.8, 4) is 16.6 Å². The number of nitrogen functional groups attached to an aromatic ring is 1. The van der Waals surface area contributed by atoms with Gasteiger partial charge in [-0.25, -0.2) is 0 Å². The number of thiophene rings is 1. The Kier molecular flexibility index (Phi) is 2.10. The number of aromatic amines is 1. The minimum Gasteiger partial charge on any atom is -0.399 e. The summed E-state index contributed by atoms with van der Waals surface area (Å²) in [7, 11) is 0. The van der Waals surface area contributed by atoms with Crippen molar-refractivity contribution in [3.63, 3.8) is 0 Å². The molecular formula is C12H8N4S. The molecule has 3 aromatic rings. The predicted octanol–water partition coefficient (Wildman–Crippen LogP) is 2.75. The summed E-state index contributed by atoms with van der Waals surface area (Å²) in [4.78, 5) is 0.971. The average molecular weight is 240 g/mol. The van der Waals surface area contributed by atoms with Gasteiger partial charge in [-0.2, -0.15) is 10.4 Å². The molecule has 0 saturated carbocycles. The van der Waals surface area contributed by atoms with Crippen LogP contribution in [0, 0.1) is 11.3 Å². The van der Waals surface area contributed by atoms with E-state index in [2.05, 4.69) is 16.3 Å². The van der Waals surface area contributed by atoms with Crippen molar-refractivity contribution in [1.82, 2.24) is 10.2 Å². The van der Waals surface area contributed by atoms with Crippen molar-refractivity contribution < 1.29 is 0 Å². The van der Waals surface area contributed by atoms with Gasteiger partial charge >= 0.3 is 0 Å². The number of nitriles is 1. The van der Waals surface area contributed by atoms with Crippen molar-refractivity contribution in [2.45, 2.75) is 0 Å². The number of nitrogens with zero attached hydrogens (tertiary/aromatic N) is 2. The van der Waals surface area contributed by atoms with Crippen LogP contribution in [0.2, 0.25) is 0 Å². The van der Waals surface area contributed by atoms with Crippen molar-refractivity contribution >= 4 is 27.9 Å². The molecule has 0 radical (unpaired) electrons. The van der Waals surface area contributed by atoms with E-state index < -0.39 is 0 Å². The Hall–Kier alpha value is -2.32. The Balaban J connectivity index is 2.23. The van der Waals surface area contributed by atoms with Crippen molar-refractivity contribution in [2.75, 3.05) is 5.73 Å². The van der Waals surface area contributed by atoms with Crippen LogP contribution in [0.3, 0.4) is 0 Å². The fourth-order valence-electron chi connectivity index (χ4n) is 1.74. The molecule has 1 aromatic carbocycles. The van der Waals surface area contributed by atoms with Crippen LogP contribution in [0.5, 0.6) is 0 Å². The second-order valence-electron chi connectivity index (χ2n) is 3.69. The van der Waals surface area contributed by atoms with Gasteiger partial charge in [0.15, 0.2) is 0 Å². The lowest BCUT2D eigenvalue weighted by molar-refractivity contribution is 1.13. The Morgan fingerprint density at radius 1 is 1.35 bits per heavy atom. The third-order valence-corrected chi connectivity index (χ3v) is 3.49. The molecule has 5 heteroatoms. The van der Waals surface area contributed by atoms with Gasteiger partial charge in [0.05, 0.1) is 16.0 Å². The van der Waals surface area contributed by atoms with Crippen molar-refractivity contribution in [2.24, 2.45) is 0 Å². The summed E-state index contributed by atoms with van der Waals surface area (Å²) >= 11 is 1.51. The summed E-state index contributed by atoms with van der Waals surface area (Å²) in [5.74, 6) is 0. The lowest BCUT2D eigenvalue weighted by Crippen LogP contribution is -1.82. The zero-order valence-electron chi connectivity index (χ0n) is 8.77. The van der Waals surface area contributed by atoms with Crippen LogP contribution in [-0.2, 0) is 0 Å². The maximum atomic E-state index is 8.81. The Morgan fingerprint density at radius 3 is 3.00 bits per heavy atom. The molecule has 0 aliphatic carbocycles. The highest BCUT2D eigenvalue weighted by Gasteiger charge is 2.10. The van der Waals surface area contributed by atoms with Gasteiger partial charge in [-0.1, -0.05) is 0 Å². The highest BCUT2D eigenvalue weighted by atomic mass is 32.1. The summed E-state index contributed by atoms with van der Waals surface area (Å²) in [6, 6.07) is 9.58. The number of hydrogen-bond donors (Lipinski definition) is 2. The van der Waals surface area contributed by atoms with E-state index in [9.17, 15) is 0 Å². The molecule has 0 spiro atoms. The average Bonchev–Trinajstić information content (AvgIpc) is 2.93. The lowest BCUT2D eigenvalue weighted by atomic mass is 10.1. The van der Waals surface area contributed by atoms with E-state index in [0.717, 1.165) is 21.5 Å². The normalized spacial score (nSPS) is 10.5. The first-order valence-electron chi connectivity index (χ1n) is 5.00. The number of aromatic nitrogens is 2. The fourth-order valence-corrected chi connectivity index (χ4v) is 2.58. The molecular weight excluding hydrogens is 232 g/mol. The molecule has 82 valence electrons. The SMILES string of the molecule is N#Cc1csc(-c2n[nH]c3ccc(N)cc23)c1. The zero-order chi connectivity index (χ0) is 11.8. The van der Waals surface area contributed by atoms with Gasteiger partial charge in [-0.3, -0.25) is 5.10 Å². The summed E-state index contributed by atoms with van der Waals surface area (Å²) in [6.45, 7) is 0. The van der Waals surface area contributed by atoms with Gasteiger partial charge in [0.25, 0.3) is 0 Å². The second kappa shape index (κ2) is 3.61. The van der Waals surface area contributed by atoms with Crippen molar-refractivity contribution in [3.05, 3.63) is 35.2 Å². The summed E-state index contributed by atoms with van der Waals surface area (Å²) in [6.07, 6.45) is 0. The number of H-pyrrole nitrogens is 1. The molecule has 0 saturated heterocycles. The molecule has 0 amide bonds. The maximum absolute atomic E-state index is 8.81. The van der Waals surface area contributed by atoms with E-state index in [1.807, 2.05) is 29.6 Å². The monoisotopic (exact) mass is 240 g/mol. The van der Waals surface area contributed by atoms with Crippen LogP contribution in [0.4, 0.5) is 5.69 Å².